The standard InChI is InChI=1S/C35H32Cl2F2N10O2S/c36-23-13-21-28(27(39)26(23)20-5-6-24(38)29-25(20)22(14-40)30(41)52-29)43-33(51-16-35-8-1-10-47(35)11-2-9-35)44-31(21)46-12-7-19(15-46)49(18-3-4-18)34(50)48-17-42-32(37)45-48/h5-6,13,17-19H,1-4,7-12,15-16,41H2. The highest BCUT2D eigenvalue weighted by atomic mass is 35.5. The van der Waals surface area contributed by atoms with Crippen LogP contribution in [0.15, 0.2) is 24.5 Å². The van der Waals surface area contributed by atoms with Crippen molar-refractivity contribution in [2.75, 3.05) is 43.4 Å². The van der Waals surface area contributed by atoms with Crippen molar-refractivity contribution in [3.8, 4) is 23.2 Å². The lowest BCUT2D eigenvalue weighted by Gasteiger charge is -2.31. The summed E-state index contributed by atoms with van der Waals surface area (Å²) in [6.07, 6.45) is 7.86. The van der Waals surface area contributed by atoms with E-state index in [1.165, 1.54) is 18.5 Å². The number of carbonyl (C=O) groups excluding carboxylic acids is 1. The zero-order valence-electron chi connectivity index (χ0n) is 27.8. The normalized spacial score (nSPS) is 19.8. The van der Waals surface area contributed by atoms with Crippen molar-refractivity contribution in [3.05, 3.63) is 52.0 Å². The third-order valence-corrected chi connectivity index (χ3v) is 12.5. The first-order chi connectivity index (χ1) is 25.2. The van der Waals surface area contributed by atoms with Gasteiger partial charge in [0.1, 0.15) is 41.2 Å². The number of fused-ring (bicyclic) bond motifs is 3. The summed E-state index contributed by atoms with van der Waals surface area (Å²) in [6.45, 7) is 3.32. The molecule has 0 spiro atoms. The van der Waals surface area contributed by atoms with Gasteiger partial charge in [-0.25, -0.2) is 18.6 Å². The number of amides is 1. The molecule has 4 fully saturated rings. The molecule has 4 aliphatic rings. The van der Waals surface area contributed by atoms with Crippen molar-refractivity contribution in [3.63, 3.8) is 0 Å². The van der Waals surface area contributed by atoms with Gasteiger partial charge in [-0.15, -0.1) is 16.4 Å². The minimum atomic E-state index is -0.757. The van der Waals surface area contributed by atoms with Gasteiger partial charge in [-0.3, -0.25) is 4.90 Å². The number of hydrogen-bond acceptors (Lipinski definition) is 11. The van der Waals surface area contributed by atoms with Crippen molar-refractivity contribution in [2.24, 2.45) is 0 Å². The Bertz CT molecular complexity index is 2310. The van der Waals surface area contributed by atoms with E-state index in [0.717, 1.165) is 67.6 Å². The average Bonchev–Trinajstić information content (AvgIpc) is 3.55. The quantitative estimate of drug-likeness (QED) is 0.187. The Labute approximate surface area is 310 Å². The van der Waals surface area contributed by atoms with Crippen LogP contribution in [0.3, 0.4) is 0 Å². The highest BCUT2D eigenvalue weighted by molar-refractivity contribution is 7.23. The zero-order valence-corrected chi connectivity index (χ0v) is 30.1. The fraction of sp³-hybridized carbons (Fsp3) is 0.429. The summed E-state index contributed by atoms with van der Waals surface area (Å²) in [5.74, 6) is -0.903. The van der Waals surface area contributed by atoms with E-state index in [1.54, 1.807) is 6.07 Å². The number of carbonyl (C=O) groups is 1. The van der Waals surface area contributed by atoms with Crippen molar-refractivity contribution in [1.29, 1.82) is 5.26 Å². The first-order valence-electron chi connectivity index (χ1n) is 17.3. The molecule has 1 amide bonds. The molecular weight excluding hydrogens is 733 g/mol. The van der Waals surface area contributed by atoms with Crippen LogP contribution in [0.5, 0.6) is 6.01 Å². The number of aromatic nitrogens is 5. The molecule has 12 nitrogen and oxygen atoms in total. The van der Waals surface area contributed by atoms with Crippen molar-refractivity contribution in [2.45, 2.75) is 62.6 Å². The van der Waals surface area contributed by atoms with Gasteiger partial charge < -0.3 is 20.3 Å². The number of ether oxygens (including phenoxy) is 1. The minimum absolute atomic E-state index is 0.0130. The lowest BCUT2D eigenvalue weighted by atomic mass is 9.95. The number of hydrogen-bond donors (Lipinski definition) is 1. The van der Waals surface area contributed by atoms with Crippen LogP contribution in [-0.2, 0) is 0 Å². The Morgan fingerprint density at radius 1 is 1.13 bits per heavy atom. The van der Waals surface area contributed by atoms with Crippen LogP contribution in [-0.4, -0.2) is 91.0 Å². The SMILES string of the molecule is N#Cc1c(N)sc2c(F)ccc(-c3c(Cl)cc4c(N5CCC(N(C(=O)n6cnc(Cl)n6)C6CC6)C5)nc(OCC56CCCN5CCC6)nc4c3F)c12. The summed E-state index contributed by atoms with van der Waals surface area (Å²) in [7, 11) is 0. The van der Waals surface area contributed by atoms with E-state index in [4.69, 9.17) is 38.7 Å². The Balaban J connectivity index is 1.14. The van der Waals surface area contributed by atoms with Crippen molar-refractivity contribution in [1.82, 2.24) is 34.5 Å². The van der Waals surface area contributed by atoms with E-state index in [0.29, 0.717) is 37.3 Å². The molecule has 1 saturated carbocycles. The van der Waals surface area contributed by atoms with Crippen molar-refractivity contribution >= 4 is 72.4 Å². The average molecular weight is 766 g/mol. The monoisotopic (exact) mass is 764 g/mol. The van der Waals surface area contributed by atoms with Gasteiger partial charge in [-0.2, -0.15) is 19.9 Å². The van der Waals surface area contributed by atoms with Crippen LogP contribution in [0.4, 0.5) is 24.4 Å². The molecule has 3 aliphatic heterocycles. The lowest BCUT2D eigenvalue weighted by Crippen LogP contribution is -2.46. The van der Waals surface area contributed by atoms with Gasteiger partial charge in [0, 0.05) is 35.5 Å². The molecule has 268 valence electrons. The highest BCUT2D eigenvalue weighted by Crippen LogP contribution is 2.46. The number of nitrogens with two attached hydrogens (primary N) is 1. The Morgan fingerprint density at radius 2 is 1.92 bits per heavy atom. The molecule has 0 bridgehead atoms. The lowest BCUT2D eigenvalue weighted by molar-refractivity contribution is 0.108. The molecule has 5 aromatic rings. The summed E-state index contributed by atoms with van der Waals surface area (Å²) in [5.41, 5.74) is 6.22. The molecule has 2 aromatic carbocycles. The second kappa shape index (κ2) is 12.6. The van der Waals surface area contributed by atoms with Gasteiger partial charge in [-0.05, 0) is 87.3 Å². The van der Waals surface area contributed by atoms with Crippen LogP contribution < -0.4 is 15.4 Å². The molecule has 9 rings (SSSR count). The summed E-state index contributed by atoms with van der Waals surface area (Å²) in [4.78, 5) is 33.4. The van der Waals surface area contributed by atoms with Crippen LogP contribution in [0.25, 0.3) is 32.1 Å². The highest BCUT2D eigenvalue weighted by Gasteiger charge is 2.45. The molecule has 3 aromatic heterocycles. The number of nitrogens with zero attached hydrogens (tertiary/aromatic N) is 9. The van der Waals surface area contributed by atoms with Gasteiger partial charge in [0.15, 0.2) is 5.82 Å². The number of benzene rings is 2. The number of nitriles is 1. The van der Waals surface area contributed by atoms with E-state index in [1.807, 2.05) is 15.9 Å². The number of rotatable bonds is 7. The predicted molar refractivity (Wildman–Crippen MR) is 194 cm³/mol. The maximum Gasteiger partial charge on any atom is 0.346 e. The fourth-order valence-corrected chi connectivity index (χ4v) is 9.83. The smallest absolute Gasteiger partial charge is 0.346 e. The zero-order chi connectivity index (χ0) is 35.9. The van der Waals surface area contributed by atoms with Crippen LogP contribution in [0.2, 0.25) is 10.3 Å². The molecule has 1 aliphatic carbocycles. The van der Waals surface area contributed by atoms with E-state index in [2.05, 4.69) is 20.0 Å². The third kappa shape index (κ3) is 5.41. The van der Waals surface area contributed by atoms with Crippen molar-refractivity contribution < 1.29 is 18.3 Å². The van der Waals surface area contributed by atoms with Crippen LogP contribution >= 0.6 is 34.5 Å². The van der Waals surface area contributed by atoms with Gasteiger partial charge >= 0.3 is 12.0 Å². The second-order valence-electron chi connectivity index (χ2n) is 14.0. The molecule has 6 heterocycles. The van der Waals surface area contributed by atoms with E-state index >= 15 is 4.39 Å². The van der Waals surface area contributed by atoms with Gasteiger partial charge in [0.2, 0.25) is 5.28 Å². The first-order valence-corrected chi connectivity index (χ1v) is 18.9. The first kappa shape index (κ1) is 33.5. The van der Waals surface area contributed by atoms with E-state index < -0.39 is 11.6 Å². The number of thiophene rings is 1. The maximum absolute atomic E-state index is 17.2. The van der Waals surface area contributed by atoms with E-state index in [9.17, 15) is 14.4 Å². The summed E-state index contributed by atoms with van der Waals surface area (Å²) in [6, 6.07) is 5.87. The molecule has 0 radical (unpaired) electrons. The summed E-state index contributed by atoms with van der Waals surface area (Å²) < 4.78 is 39.8. The Kier molecular flexibility index (Phi) is 8.14. The third-order valence-electron chi connectivity index (χ3n) is 11.0. The van der Waals surface area contributed by atoms with Gasteiger partial charge in [-0.1, -0.05) is 17.7 Å². The number of anilines is 2. The number of nitrogen functional groups attached to an aromatic ring is 1. The largest absolute Gasteiger partial charge is 0.461 e. The molecule has 2 N–H and O–H groups in total. The molecule has 52 heavy (non-hydrogen) atoms. The second-order valence-corrected chi connectivity index (χ2v) is 15.8. The molecule has 1 unspecified atom stereocenters. The fourth-order valence-electron chi connectivity index (χ4n) is 8.46. The van der Waals surface area contributed by atoms with E-state index in [-0.39, 0.29) is 77.3 Å². The Hall–Kier alpha value is -4.36. The van der Waals surface area contributed by atoms with Crippen LogP contribution in [0, 0.1) is 23.0 Å². The maximum atomic E-state index is 17.2. The number of halogens is 4. The van der Waals surface area contributed by atoms with Gasteiger partial charge in [0.05, 0.1) is 26.9 Å². The van der Waals surface area contributed by atoms with Gasteiger partial charge in [0.25, 0.3) is 0 Å². The van der Waals surface area contributed by atoms with Crippen LogP contribution in [0.1, 0.15) is 50.5 Å². The summed E-state index contributed by atoms with van der Waals surface area (Å²) >= 11 is 13.8. The minimum Gasteiger partial charge on any atom is -0.461 e. The Morgan fingerprint density at radius 3 is 2.63 bits per heavy atom. The molecule has 1 atom stereocenters. The summed E-state index contributed by atoms with van der Waals surface area (Å²) in [5, 5.41) is 14.7. The molecule has 3 saturated heterocycles. The predicted octanol–water partition coefficient (Wildman–Crippen LogP) is 6.86. The molecular formula is C35H32Cl2F2N10O2S. The molecule has 17 heteroatoms. The topological polar surface area (TPSA) is 142 Å².